The molecule has 0 aliphatic heterocycles. The number of pyridine rings is 1. The summed E-state index contributed by atoms with van der Waals surface area (Å²) in [7, 11) is 1.24. The van der Waals surface area contributed by atoms with Crippen LogP contribution in [0.1, 0.15) is 34.9 Å². The largest absolute Gasteiger partial charge is 0.465 e. The van der Waals surface area contributed by atoms with Gasteiger partial charge in [-0.05, 0) is 42.5 Å². The van der Waals surface area contributed by atoms with Crippen molar-refractivity contribution in [2.75, 3.05) is 7.11 Å². The van der Waals surface area contributed by atoms with Gasteiger partial charge in [0.25, 0.3) is 0 Å². The average molecular weight is 336 g/mol. The van der Waals surface area contributed by atoms with Gasteiger partial charge in [0.15, 0.2) is 0 Å². The van der Waals surface area contributed by atoms with Crippen LogP contribution >= 0.6 is 11.6 Å². The predicted molar refractivity (Wildman–Crippen MR) is 83.7 cm³/mol. The fourth-order valence-corrected chi connectivity index (χ4v) is 2.72. The van der Waals surface area contributed by atoms with Gasteiger partial charge in [0.1, 0.15) is 11.0 Å². The zero-order valence-electron chi connectivity index (χ0n) is 12.4. The lowest BCUT2D eigenvalue weighted by molar-refractivity contribution is 0.0600. The number of aromatic nitrogens is 1. The molecule has 0 saturated heterocycles. The summed E-state index contributed by atoms with van der Waals surface area (Å²) in [6.07, 6.45) is 2.61. The molecule has 3 rings (SSSR count). The van der Waals surface area contributed by atoms with E-state index in [1.807, 2.05) is 0 Å². The molecule has 0 spiro atoms. The number of esters is 1. The number of ether oxygens (including phenoxy) is 1. The van der Waals surface area contributed by atoms with E-state index in [1.54, 1.807) is 6.07 Å². The number of halogens is 2. The van der Waals surface area contributed by atoms with Crippen LogP contribution in [0, 0.1) is 11.7 Å². The third kappa shape index (κ3) is 3.21. The van der Waals surface area contributed by atoms with Crippen molar-refractivity contribution in [3.8, 4) is 11.1 Å². The first-order chi connectivity index (χ1) is 11.0. The Bertz CT molecular complexity index is 761. The summed E-state index contributed by atoms with van der Waals surface area (Å²) in [4.78, 5) is 15.5. The quantitative estimate of drug-likeness (QED) is 0.682. The van der Waals surface area contributed by atoms with Crippen molar-refractivity contribution in [1.82, 2.24) is 4.98 Å². The molecule has 1 N–H and O–H groups in total. The molecule has 1 heterocycles. The van der Waals surface area contributed by atoms with Gasteiger partial charge in [0, 0.05) is 17.3 Å². The molecule has 23 heavy (non-hydrogen) atoms. The topological polar surface area (TPSA) is 59.4 Å². The second-order valence-electron chi connectivity index (χ2n) is 5.56. The fourth-order valence-electron chi connectivity index (χ4n) is 2.56. The Hall–Kier alpha value is -1.98. The van der Waals surface area contributed by atoms with E-state index in [0.717, 1.165) is 18.9 Å². The number of nitrogens with zero attached hydrogens (tertiary/aromatic N) is 1. The molecule has 0 amide bonds. The van der Waals surface area contributed by atoms with Gasteiger partial charge < -0.3 is 9.84 Å². The lowest BCUT2D eigenvalue weighted by Crippen LogP contribution is -2.05. The molecule has 120 valence electrons. The lowest BCUT2D eigenvalue weighted by Gasteiger charge is -2.16. The first kappa shape index (κ1) is 15.9. The van der Waals surface area contributed by atoms with Gasteiger partial charge in [0.2, 0.25) is 0 Å². The molecule has 1 aromatic carbocycles. The van der Waals surface area contributed by atoms with E-state index in [9.17, 15) is 14.3 Å². The second-order valence-corrected chi connectivity index (χ2v) is 5.95. The number of rotatable bonds is 4. The van der Waals surface area contributed by atoms with Crippen molar-refractivity contribution in [3.63, 3.8) is 0 Å². The highest BCUT2D eigenvalue weighted by Crippen LogP contribution is 2.44. The lowest BCUT2D eigenvalue weighted by atomic mass is 9.95. The van der Waals surface area contributed by atoms with E-state index in [4.69, 9.17) is 11.6 Å². The highest BCUT2D eigenvalue weighted by atomic mass is 35.5. The smallest absolute Gasteiger partial charge is 0.337 e. The van der Waals surface area contributed by atoms with Crippen LogP contribution in [0.15, 0.2) is 30.5 Å². The monoisotopic (exact) mass is 335 g/mol. The highest BCUT2D eigenvalue weighted by molar-refractivity contribution is 6.29. The Morgan fingerprint density at radius 3 is 2.74 bits per heavy atom. The third-order valence-corrected chi connectivity index (χ3v) is 4.18. The molecule has 4 nitrogen and oxygen atoms in total. The van der Waals surface area contributed by atoms with Crippen molar-refractivity contribution in [3.05, 3.63) is 52.6 Å². The molecule has 0 bridgehead atoms. The van der Waals surface area contributed by atoms with E-state index in [2.05, 4.69) is 9.72 Å². The van der Waals surface area contributed by atoms with E-state index >= 15 is 0 Å². The van der Waals surface area contributed by atoms with E-state index in [0.29, 0.717) is 11.1 Å². The van der Waals surface area contributed by atoms with Gasteiger partial charge in [-0.2, -0.15) is 0 Å². The minimum absolute atomic E-state index is 0.125. The van der Waals surface area contributed by atoms with Crippen LogP contribution in [0.4, 0.5) is 4.39 Å². The highest BCUT2D eigenvalue weighted by Gasteiger charge is 2.33. The summed E-state index contributed by atoms with van der Waals surface area (Å²) in [5.74, 6) is -1.02. The Labute approximate surface area is 137 Å². The van der Waals surface area contributed by atoms with Crippen molar-refractivity contribution >= 4 is 17.6 Å². The molecule has 1 aromatic heterocycles. The van der Waals surface area contributed by atoms with Crippen LogP contribution in [0.3, 0.4) is 0 Å². The predicted octanol–water partition coefficient (Wildman–Crippen LogP) is 3.77. The maximum absolute atomic E-state index is 14.4. The molecular weight excluding hydrogens is 321 g/mol. The van der Waals surface area contributed by atoms with Crippen molar-refractivity contribution in [1.29, 1.82) is 0 Å². The molecule has 1 aliphatic carbocycles. The minimum Gasteiger partial charge on any atom is -0.465 e. The molecule has 6 heteroatoms. The Balaban J connectivity index is 2.06. The molecule has 1 saturated carbocycles. The van der Waals surface area contributed by atoms with Gasteiger partial charge in [-0.25, -0.2) is 14.2 Å². The average Bonchev–Trinajstić information content (AvgIpc) is 3.38. The van der Waals surface area contributed by atoms with E-state index < -0.39 is 17.9 Å². The van der Waals surface area contributed by atoms with Crippen molar-refractivity contribution in [2.24, 2.45) is 5.92 Å². The summed E-state index contributed by atoms with van der Waals surface area (Å²) in [6, 6.07) is 5.64. The van der Waals surface area contributed by atoms with Crippen molar-refractivity contribution < 1.29 is 19.0 Å². The molecule has 0 radical (unpaired) electrons. The zero-order chi connectivity index (χ0) is 16.6. The number of aliphatic hydroxyl groups is 1. The first-order valence-electron chi connectivity index (χ1n) is 7.23. The van der Waals surface area contributed by atoms with Gasteiger partial charge in [0.05, 0.1) is 18.8 Å². The van der Waals surface area contributed by atoms with E-state index in [1.165, 1.54) is 25.4 Å². The number of carbonyl (C=O) groups excluding carboxylic acids is 1. The van der Waals surface area contributed by atoms with Crippen LogP contribution in [0.25, 0.3) is 11.1 Å². The summed E-state index contributed by atoms with van der Waals surface area (Å²) in [5.41, 5.74) is 1.41. The molecule has 1 fully saturated rings. The van der Waals surface area contributed by atoms with Crippen LogP contribution in [0.2, 0.25) is 5.15 Å². The third-order valence-electron chi connectivity index (χ3n) is 3.97. The maximum Gasteiger partial charge on any atom is 0.337 e. The zero-order valence-corrected chi connectivity index (χ0v) is 13.2. The Morgan fingerprint density at radius 2 is 2.13 bits per heavy atom. The molecular formula is C17H15ClFNO3. The summed E-state index contributed by atoms with van der Waals surface area (Å²) in [5, 5.41) is 10.7. The SMILES string of the molecule is COC(=O)c1ccc(-c2cnc(Cl)cc2C(O)C2CC2)c(F)c1. The molecule has 1 aliphatic rings. The number of carbonyl (C=O) groups is 1. The first-order valence-corrected chi connectivity index (χ1v) is 7.60. The molecule has 1 atom stereocenters. The van der Waals surface area contributed by atoms with Gasteiger partial charge in [-0.15, -0.1) is 0 Å². The molecule has 1 unspecified atom stereocenters. The maximum atomic E-state index is 14.4. The number of aliphatic hydroxyl groups excluding tert-OH is 1. The Morgan fingerprint density at radius 1 is 1.39 bits per heavy atom. The van der Waals surface area contributed by atoms with Crippen LogP contribution in [-0.4, -0.2) is 23.2 Å². The normalized spacial score (nSPS) is 15.3. The van der Waals surface area contributed by atoms with Crippen LogP contribution in [-0.2, 0) is 4.74 Å². The summed E-state index contributed by atoms with van der Waals surface area (Å²) < 4.78 is 19.0. The number of benzene rings is 1. The second kappa shape index (κ2) is 6.26. The summed E-state index contributed by atoms with van der Waals surface area (Å²) >= 11 is 5.92. The van der Waals surface area contributed by atoms with E-state index in [-0.39, 0.29) is 22.2 Å². The standard InChI is InChI=1S/C17H15ClFNO3/c1-23-17(22)10-4-5-11(14(19)6-10)13-8-20-15(18)7-12(13)16(21)9-2-3-9/h4-9,16,21H,2-3H2,1H3. The summed E-state index contributed by atoms with van der Waals surface area (Å²) in [6.45, 7) is 0. The number of hydrogen-bond donors (Lipinski definition) is 1. The van der Waals surface area contributed by atoms with Crippen molar-refractivity contribution in [2.45, 2.75) is 18.9 Å². The number of hydrogen-bond acceptors (Lipinski definition) is 4. The van der Waals surface area contributed by atoms with Gasteiger partial charge in [-0.3, -0.25) is 0 Å². The minimum atomic E-state index is -0.704. The fraction of sp³-hybridized carbons (Fsp3) is 0.294. The number of methoxy groups -OCH3 is 1. The van der Waals surface area contributed by atoms with Crippen LogP contribution in [0.5, 0.6) is 0 Å². The van der Waals surface area contributed by atoms with Gasteiger partial charge >= 0.3 is 5.97 Å². The van der Waals surface area contributed by atoms with Crippen LogP contribution < -0.4 is 0 Å². The Kier molecular flexibility index (Phi) is 4.33. The molecule has 2 aromatic rings. The van der Waals surface area contributed by atoms with Gasteiger partial charge in [-0.1, -0.05) is 17.7 Å².